The summed E-state index contributed by atoms with van der Waals surface area (Å²) >= 11 is 3.48. The van der Waals surface area contributed by atoms with Crippen LogP contribution in [0.5, 0.6) is 5.75 Å². The fraction of sp³-hybridized carbons (Fsp3) is 0.647. The SMILES string of the molecule is OC1CC2(CCCC(C3CC3)C2)Oc2ccc(Br)cc21. The van der Waals surface area contributed by atoms with Crippen molar-refractivity contribution >= 4 is 15.9 Å². The molecule has 1 aromatic carbocycles. The van der Waals surface area contributed by atoms with E-state index < -0.39 is 0 Å². The zero-order valence-corrected chi connectivity index (χ0v) is 13.2. The molecule has 1 spiro atoms. The number of ether oxygens (including phenoxy) is 1. The number of fused-ring (bicyclic) bond motifs is 1. The van der Waals surface area contributed by atoms with E-state index in [1.54, 1.807) is 0 Å². The molecule has 4 rings (SSSR count). The second kappa shape index (κ2) is 4.74. The summed E-state index contributed by atoms with van der Waals surface area (Å²) < 4.78 is 7.42. The predicted molar refractivity (Wildman–Crippen MR) is 81.8 cm³/mol. The molecule has 1 N–H and O–H groups in total. The number of hydrogen-bond donors (Lipinski definition) is 1. The van der Waals surface area contributed by atoms with Crippen molar-refractivity contribution in [3.05, 3.63) is 28.2 Å². The fourth-order valence-electron chi connectivity index (χ4n) is 4.23. The zero-order valence-electron chi connectivity index (χ0n) is 11.6. The Morgan fingerprint density at radius 3 is 2.80 bits per heavy atom. The molecule has 0 amide bonds. The average molecular weight is 337 g/mol. The average Bonchev–Trinajstić information content (AvgIpc) is 3.24. The van der Waals surface area contributed by atoms with Crippen LogP contribution in [0.1, 0.15) is 56.6 Å². The molecule has 0 bridgehead atoms. The molecule has 1 aliphatic heterocycles. The maximum Gasteiger partial charge on any atom is 0.126 e. The van der Waals surface area contributed by atoms with Gasteiger partial charge in [-0.2, -0.15) is 0 Å². The number of aliphatic hydroxyl groups excluding tert-OH is 1. The first-order valence-electron chi connectivity index (χ1n) is 7.82. The highest BCUT2D eigenvalue weighted by Gasteiger charge is 2.47. The molecule has 2 saturated carbocycles. The molecule has 20 heavy (non-hydrogen) atoms. The monoisotopic (exact) mass is 336 g/mol. The molecule has 1 heterocycles. The van der Waals surface area contributed by atoms with Crippen molar-refractivity contribution < 1.29 is 9.84 Å². The molecule has 0 aromatic heterocycles. The summed E-state index contributed by atoms with van der Waals surface area (Å²) in [5.74, 6) is 2.66. The van der Waals surface area contributed by atoms with Crippen molar-refractivity contribution in [3.8, 4) is 5.75 Å². The molecule has 3 heteroatoms. The van der Waals surface area contributed by atoms with Gasteiger partial charge in [-0.3, -0.25) is 0 Å². The highest BCUT2D eigenvalue weighted by atomic mass is 79.9. The Morgan fingerprint density at radius 1 is 1.15 bits per heavy atom. The van der Waals surface area contributed by atoms with E-state index in [-0.39, 0.29) is 11.7 Å². The van der Waals surface area contributed by atoms with Gasteiger partial charge < -0.3 is 9.84 Å². The normalized spacial score (nSPS) is 36.5. The summed E-state index contributed by atoms with van der Waals surface area (Å²) in [5.41, 5.74) is 0.838. The lowest BCUT2D eigenvalue weighted by Crippen LogP contribution is -2.45. The standard InChI is InChI=1S/C17H21BrO2/c18-13-5-6-16-14(8-13)15(19)10-17(20-16)7-1-2-12(9-17)11-3-4-11/h5-6,8,11-12,15,19H,1-4,7,9-10H2. The van der Waals surface area contributed by atoms with E-state index in [0.29, 0.717) is 0 Å². The van der Waals surface area contributed by atoms with Crippen molar-refractivity contribution in [1.29, 1.82) is 0 Å². The molecule has 1 aromatic rings. The van der Waals surface area contributed by atoms with Gasteiger partial charge in [-0.25, -0.2) is 0 Å². The van der Waals surface area contributed by atoms with Crippen LogP contribution in [-0.2, 0) is 0 Å². The third kappa shape index (κ3) is 2.29. The fourth-order valence-corrected chi connectivity index (χ4v) is 4.61. The van der Waals surface area contributed by atoms with E-state index >= 15 is 0 Å². The van der Waals surface area contributed by atoms with Crippen LogP contribution >= 0.6 is 15.9 Å². The maximum absolute atomic E-state index is 10.5. The Bertz CT molecular complexity index is 526. The van der Waals surface area contributed by atoms with E-state index in [2.05, 4.69) is 15.9 Å². The Kier molecular flexibility index (Phi) is 3.11. The molecular weight excluding hydrogens is 316 g/mol. The Labute approximate surface area is 128 Å². The van der Waals surface area contributed by atoms with Crippen LogP contribution in [0, 0.1) is 11.8 Å². The highest BCUT2D eigenvalue weighted by Crippen LogP contribution is 2.52. The van der Waals surface area contributed by atoms with Crippen LogP contribution in [0.3, 0.4) is 0 Å². The molecule has 0 saturated heterocycles. The predicted octanol–water partition coefficient (Wildman–Crippen LogP) is 4.60. The van der Waals surface area contributed by atoms with Gasteiger partial charge in [0.05, 0.1) is 6.10 Å². The van der Waals surface area contributed by atoms with Gasteiger partial charge in [0.25, 0.3) is 0 Å². The van der Waals surface area contributed by atoms with Gasteiger partial charge in [0.15, 0.2) is 0 Å². The molecule has 3 aliphatic rings. The number of aliphatic hydroxyl groups is 1. The van der Waals surface area contributed by atoms with E-state index in [0.717, 1.165) is 46.9 Å². The molecule has 2 nitrogen and oxygen atoms in total. The van der Waals surface area contributed by atoms with Gasteiger partial charge >= 0.3 is 0 Å². The van der Waals surface area contributed by atoms with Crippen molar-refractivity contribution in [2.75, 3.05) is 0 Å². The lowest BCUT2D eigenvalue weighted by molar-refractivity contribution is -0.0544. The van der Waals surface area contributed by atoms with Crippen LogP contribution in [0.15, 0.2) is 22.7 Å². The quantitative estimate of drug-likeness (QED) is 0.811. The molecular formula is C17H21BrO2. The first-order valence-corrected chi connectivity index (χ1v) is 8.61. The summed E-state index contributed by atoms with van der Waals surface area (Å²) in [4.78, 5) is 0. The van der Waals surface area contributed by atoms with Gasteiger partial charge in [0, 0.05) is 16.5 Å². The topological polar surface area (TPSA) is 29.5 Å². The van der Waals surface area contributed by atoms with Crippen LogP contribution in [-0.4, -0.2) is 10.7 Å². The first-order chi connectivity index (χ1) is 9.65. The van der Waals surface area contributed by atoms with E-state index in [1.807, 2.05) is 18.2 Å². The van der Waals surface area contributed by atoms with Gasteiger partial charge in [0.1, 0.15) is 11.4 Å². The number of hydrogen-bond acceptors (Lipinski definition) is 2. The molecule has 3 atom stereocenters. The van der Waals surface area contributed by atoms with Gasteiger partial charge in [-0.15, -0.1) is 0 Å². The van der Waals surface area contributed by atoms with Crippen LogP contribution in [0.4, 0.5) is 0 Å². The molecule has 2 fully saturated rings. The lowest BCUT2D eigenvalue weighted by Gasteiger charge is -2.45. The summed E-state index contributed by atoms with van der Waals surface area (Å²) in [7, 11) is 0. The minimum Gasteiger partial charge on any atom is -0.487 e. The lowest BCUT2D eigenvalue weighted by atomic mass is 9.72. The summed E-state index contributed by atoms with van der Waals surface area (Å²) in [5, 5.41) is 10.5. The van der Waals surface area contributed by atoms with Crippen molar-refractivity contribution in [2.45, 2.75) is 56.7 Å². The van der Waals surface area contributed by atoms with Crippen molar-refractivity contribution in [3.63, 3.8) is 0 Å². The third-order valence-corrected chi connectivity index (χ3v) is 5.85. The Hall–Kier alpha value is -0.540. The molecule has 2 aliphatic carbocycles. The van der Waals surface area contributed by atoms with Crippen molar-refractivity contribution in [1.82, 2.24) is 0 Å². The van der Waals surface area contributed by atoms with Crippen LogP contribution < -0.4 is 4.74 Å². The second-order valence-corrected chi connectivity index (χ2v) is 7.80. The van der Waals surface area contributed by atoms with E-state index in [9.17, 15) is 5.11 Å². The van der Waals surface area contributed by atoms with Gasteiger partial charge in [0.2, 0.25) is 0 Å². The largest absolute Gasteiger partial charge is 0.487 e. The summed E-state index contributed by atoms with van der Waals surface area (Å²) in [6, 6.07) is 6.00. The van der Waals surface area contributed by atoms with Gasteiger partial charge in [-0.1, -0.05) is 15.9 Å². The number of rotatable bonds is 1. The van der Waals surface area contributed by atoms with Crippen LogP contribution in [0.25, 0.3) is 0 Å². The number of halogens is 1. The van der Waals surface area contributed by atoms with E-state index in [1.165, 1.54) is 25.7 Å². The smallest absolute Gasteiger partial charge is 0.126 e. The van der Waals surface area contributed by atoms with Crippen LogP contribution in [0.2, 0.25) is 0 Å². The molecule has 0 radical (unpaired) electrons. The highest BCUT2D eigenvalue weighted by molar-refractivity contribution is 9.10. The summed E-state index contributed by atoms with van der Waals surface area (Å²) in [6.07, 6.45) is 8.06. The minimum atomic E-state index is -0.380. The summed E-state index contributed by atoms with van der Waals surface area (Å²) in [6.45, 7) is 0. The Balaban J connectivity index is 1.62. The first kappa shape index (κ1) is 13.1. The van der Waals surface area contributed by atoms with Crippen molar-refractivity contribution in [2.24, 2.45) is 11.8 Å². The maximum atomic E-state index is 10.5. The Morgan fingerprint density at radius 2 is 2.00 bits per heavy atom. The third-order valence-electron chi connectivity index (χ3n) is 5.35. The van der Waals surface area contributed by atoms with Gasteiger partial charge in [-0.05, 0) is 68.6 Å². The minimum absolute atomic E-state index is 0.105. The second-order valence-electron chi connectivity index (χ2n) is 6.88. The molecule has 3 unspecified atom stereocenters. The van der Waals surface area contributed by atoms with E-state index in [4.69, 9.17) is 4.74 Å². The number of benzene rings is 1. The molecule has 108 valence electrons. The zero-order chi connectivity index (χ0) is 13.7.